The van der Waals surface area contributed by atoms with Gasteiger partial charge in [-0.25, -0.2) is 4.39 Å². The molecule has 0 spiro atoms. The monoisotopic (exact) mass is 345 g/mol. The molecule has 2 heterocycles. The summed E-state index contributed by atoms with van der Waals surface area (Å²) in [5, 5.41) is 14.7. The molecule has 1 aliphatic heterocycles. The Morgan fingerprint density at radius 2 is 2.00 bits per heavy atom. The maximum Gasteiger partial charge on any atom is 0.237 e. The van der Waals surface area contributed by atoms with E-state index in [0.717, 1.165) is 43.0 Å². The standard InChI is InChI=1S/C18H24FN5O/c1-12(17-23-22-16-5-3-4-10-24(16)17)21-13(2)18(25)20-11-14-6-8-15(19)9-7-14/h6-9,12-13,21H,3-5,10-11H2,1-2H3,(H,20,25)/t12-,13+/m0/s1. The van der Waals surface area contributed by atoms with E-state index >= 15 is 0 Å². The molecule has 0 fully saturated rings. The molecule has 1 aromatic heterocycles. The molecule has 0 unspecified atom stereocenters. The van der Waals surface area contributed by atoms with E-state index in [1.165, 1.54) is 12.1 Å². The lowest BCUT2D eigenvalue weighted by molar-refractivity contribution is -0.123. The van der Waals surface area contributed by atoms with Gasteiger partial charge in [-0.15, -0.1) is 10.2 Å². The molecule has 2 N–H and O–H groups in total. The van der Waals surface area contributed by atoms with Gasteiger partial charge in [0.15, 0.2) is 0 Å². The van der Waals surface area contributed by atoms with Gasteiger partial charge in [-0.2, -0.15) is 0 Å². The molecular weight excluding hydrogens is 321 g/mol. The number of hydrogen-bond acceptors (Lipinski definition) is 4. The van der Waals surface area contributed by atoms with Crippen molar-refractivity contribution in [3.05, 3.63) is 47.3 Å². The molecule has 0 aliphatic carbocycles. The Balaban J connectivity index is 1.54. The Hall–Kier alpha value is -2.28. The number of hydrogen-bond donors (Lipinski definition) is 2. The van der Waals surface area contributed by atoms with E-state index in [-0.39, 0.29) is 23.8 Å². The molecule has 2 atom stereocenters. The van der Waals surface area contributed by atoms with Crippen LogP contribution in [0.4, 0.5) is 4.39 Å². The van der Waals surface area contributed by atoms with Crippen LogP contribution >= 0.6 is 0 Å². The summed E-state index contributed by atoms with van der Waals surface area (Å²) < 4.78 is 15.1. The van der Waals surface area contributed by atoms with Crippen molar-refractivity contribution in [2.24, 2.45) is 0 Å². The molecule has 0 saturated carbocycles. The number of amides is 1. The smallest absolute Gasteiger partial charge is 0.237 e. The third-order valence-electron chi connectivity index (χ3n) is 4.55. The molecule has 134 valence electrons. The molecule has 6 nitrogen and oxygen atoms in total. The zero-order valence-electron chi connectivity index (χ0n) is 14.6. The van der Waals surface area contributed by atoms with Crippen LogP contribution in [0.5, 0.6) is 0 Å². The molecule has 0 radical (unpaired) electrons. The number of nitrogens with zero attached hydrogens (tertiary/aromatic N) is 3. The molecule has 7 heteroatoms. The minimum Gasteiger partial charge on any atom is -0.351 e. The van der Waals surface area contributed by atoms with Crippen molar-refractivity contribution < 1.29 is 9.18 Å². The lowest BCUT2D eigenvalue weighted by Gasteiger charge is -2.21. The minimum absolute atomic E-state index is 0.0640. The average molecular weight is 345 g/mol. The summed E-state index contributed by atoms with van der Waals surface area (Å²) in [6.45, 7) is 5.13. The van der Waals surface area contributed by atoms with Crippen molar-refractivity contribution in [3.8, 4) is 0 Å². The molecule has 0 bridgehead atoms. The van der Waals surface area contributed by atoms with E-state index in [2.05, 4.69) is 25.4 Å². The lowest BCUT2D eigenvalue weighted by Crippen LogP contribution is -2.43. The highest BCUT2D eigenvalue weighted by Gasteiger charge is 2.23. The first-order valence-electron chi connectivity index (χ1n) is 8.75. The predicted octanol–water partition coefficient (Wildman–Crippen LogP) is 2.11. The van der Waals surface area contributed by atoms with Crippen molar-refractivity contribution >= 4 is 5.91 Å². The van der Waals surface area contributed by atoms with E-state index in [0.29, 0.717) is 6.54 Å². The predicted molar refractivity (Wildman–Crippen MR) is 92.2 cm³/mol. The maximum absolute atomic E-state index is 12.9. The Labute approximate surface area is 146 Å². The van der Waals surface area contributed by atoms with Crippen LogP contribution in [0.3, 0.4) is 0 Å². The molecule has 1 amide bonds. The Morgan fingerprint density at radius 3 is 2.76 bits per heavy atom. The van der Waals surface area contributed by atoms with Gasteiger partial charge in [-0.1, -0.05) is 12.1 Å². The van der Waals surface area contributed by atoms with Crippen LogP contribution in [0.1, 0.15) is 49.9 Å². The van der Waals surface area contributed by atoms with Crippen molar-refractivity contribution in [2.45, 2.75) is 58.3 Å². The van der Waals surface area contributed by atoms with Crippen LogP contribution in [0.25, 0.3) is 0 Å². The van der Waals surface area contributed by atoms with Crippen LogP contribution in [0.2, 0.25) is 0 Å². The number of nitrogens with one attached hydrogen (secondary N) is 2. The van der Waals surface area contributed by atoms with Gasteiger partial charge >= 0.3 is 0 Å². The number of rotatable bonds is 6. The fourth-order valence-corrected chi connectivity index (χ4v) is 3.12. The van der Waals surface area contributed by atoms with Gasteiger partial charge in [0.2, 0.25) is 5.91 Å². The number of aromatic nitrogens is 3. The first kappa shape index (κ1) is 17.5. The van der Waals surface area contributed by atoms with Crippen LogP contribution in [-0.2, 0) is 24.3 Å². The Kier molecular flexibility index (Phi) is 5.43. The molecular formula is C18H24FN5O. The van der Waals surface area contributed by atoms with Crippen molar-refractivity contribution in [3.63, 3.8) is 0 Å². The van der Waals surface area contributed by atoms with Gasteiger partial charge in [0.25, 0.3) is 0 Å². The summed E-state index contributed by atoms with van der Waals surface area (Å²) in [5.41, 5.74) is 0.863. The van der Waals surface area contributed by atoms with Crippen LogP contribution in [-0.4, -0.2) is 26.7 Å². The summed E-state index contributed by atoms with van der Waals surface area (Å²) in [6.07, 6.45) is 3.26. The minimum atomic E-state index is -0.369. The largest absolute Gasteiger partial charge is 0.351 e. The topological polar surface area (TPSA) is 71.8 Å². The van der Waals surface area contributed by atoms with E-state index in [1.54, 1.807) is 12.1 Å². The van der Waals surface area contributed by atoms with Crippen molar-refractivity contribution in [1.29, 1.82) is 0 Å². The van der Waals surface area contributed by atoms with Gasteiger partial charge in [0.05, 0.1) is 12.1 Å². The number of carbonyl (C=O) groups is 1. The lowest BCUT2D eigenvalue weighted by atomic mass is 10.1. The highest BCUT2D eigenvalue weighted by atomic mass is 19.1. The second kappa shape index (κ2) is 7.74. The highest BCUT2D eigenvalue weighted by molar-refractivity contribution is 5.81. The molecule has 0 saturated heterocycles. The van der Waals surface area contributed by atoms with Gasteiger partial charge < -0.3 is 9.88 Å². The highest BCUT2D eigenvalue weighted by Crippen LogP contribution is 2.19. The fourth-order valence-electron chi connectivity index (χ4n) is 3.12. The second-order valence-electron chi connectivity index (χ2n) is 6.54. The number of fused-ring (bicyclic) bond motifs is 1. The van der Waals surface area contributed by atoms with E-state index < -0.39 is 0 Å². The van der Waals surface area contributed by atoms with Crippen molar-refractivity contribution in [1.82, 2.24) is 25.4 Å². The first-order chi connectivity index (χ1) is 12.0. The molecule has 1 aliphatic rings. The molecule has 3 rings (SSSR count). The summed E-state index contributed by atoms with van der Waals surface area (Å²) in [4.78, 5) is 12.3. The zero-order chi connectivity index (χ0) is 17.8. The van der Waals surface area contributed by atoms with Gasteiger partial charge in [-0.3, -0.25) is 10.1 Å². The number of benzene rings is 1. The maximum atomic E-state index is 12.9. The summed E-state index contributed by atoms with van der Waals surface area (Å²) in [6, 6.07) is 5.68. The van der Waals surface area contributed by atoms with Crippen LogP contribution in [0, 0.1) is 5.82 Å². The average Bonchev–Trinajstić information content (AvgIpc) is 3.05. The van der Waals surface area contributed by atoms with Crippen molar-refractivity contribution in [2.75, 3.05) is 0 Å². The third-order valence-corrected chi connectivity index (χ3v) is 4.55. The van der Waals surface area contributed by atoms with Gasteiger partial charge in [0.1, 0.15) is 17.5 Å². The van der Waals surface area contributed by atoms with Crippen LogP contribution in [0.15, 0.2) is 24.3 Å². The number of aryl methyl sites for hydroxylation is 1. The fraction of sp³-hybridized carbons (Fsp3) is 0.500. The summed E-state index contributed by atoms with van der Waals surface area (Å²) >= 11 is 0. The molecule has 2 aromatic rings. The van der Waals surface area contributed by atoms with E-state index in [4.69, 9.17) is 0 Å². The SMILES string of the molecule is C[C@H](N[C@H](C)C(=O)NCc1ccc(F)cc1)c1nnc2n1CCCC2. The third kappa shape index (κ3) is 4.22. The first-order valence-corrected chi connectivity index (χ1v) is 8.75. The van der Waals surface area contributed by atoms with Crippen LogP contribution < -0.4 is 10.6 Å². The number of halogens is 1. The van der Waals surface area contributed by atoms with Gasteiger partial charge in [0, 0.05) is 19.5 Å². The number of carbonyl (C=O) groups excluding carboxylic acids is 1. The zero-order valence-corrected chi connectivity index (χ0v) is 14.6. The van der Waals surface area contributed by atoms with E-state index in [9.17, 15) is 9.18 Å². The Bertz CT molecular complexity index is 728. The summed E-state index contributed by atoms with van der Waals surface area (Å²) in [7, 11) is 0. The molecule has 25 heavy (non-hydrogen) atoms. The second-order valence-corrected chi connectivity index (χ2v) is 6.54. The normalized spacial score (nSPS) is 16.1. The quantitative estimate of drug-likeness (QED) is 0.841. The summed E-state index contributed by atoms with van der Waals surface area (Å²) in [5.74, 6) is 1.53. The van der Waals surface area contributed by atoms with E-state index in [1.807, 2.05) is 13.8 Å². The molecule has 1 aromatic carbocycles. The Morgan fingerprint density at radius 1 is 1.24 bits per heavy atom. The van der Waals surface area contributed by atoms with Gasteiger partial charge in [-0.05, 0) is 44.4 Å².